The lowest BCUT2D eigenvalue weighted by Crippen LogP contribution is -2.05. The zero-order valence-corrected chi connectivity index (χ0v) is 7.65. The molecule has 0 aliphatic heterocycles. The Labute approximate surface area is 77.0 Å². The van der Waals surface area contributed by atoms with Crippen molar-refractivity contribution in [3.8, 4) is 12.1 Å². The zero-order valence-electron chi connectivity index (χ0n) is 7.65. The predicted octanol–water partition coefficient (Wildman–Crippen LogP) is 1.28. The number of hydrogen-bond acceptors (Lipinski definition) is 3. The van der Waals surface area contributed by atoms with Gasteiger partial charge in [-0.15, -0.1) is 0 Å². The van der Waals surface area contributed by atoms with Gasteiger partial charge < -0.3 is 4.57 Å². The average Bonchev–Trinajstić information content (AvgIpc) is 2.45. The van der Waals surface area contributed by atoms with E-state index in [1.54, 1.807) is 4.57 Å². The molecule has 4 heteroatoms. The van der Waals surface area contributed by atoms with Gasteiger partial charge in [0.25, 0.3) is 0 Å². The summed E-state index contributed by atoms with van der Waals surface area (Å²) in [6, 6.07) is 3.86. The van der Waals surface area contributed by atoms with Gasteiger partial charge in [0.2, 0.25) is 0 Å². The number of nitriles is 2. The third kappa shape index (κ3) is 1.86. The molecule has 0 aromatic carbocycles. The third-order valence-electron chi connectivity index (χ3n) is 1.61. The summed E-state index contributed by atoms with van der Waals surface area (Å²) in [5.41, 5.74) is 0.569. The van der Waals surface area contributed by atoms with Crippen LogP contribution in [0.15, 0.2) is 6.33 Å². The van der Waals surface area contributed by atoms with Crippen molar-refractivity contribution in [3.05, 3.63) is 17.7 Å². The number of imidazole rings is 1. The molecule has 0 N–H and O–H groups in total. The average molecular weight is 174 g/mol. The van der Waals surface area contributed by atoms with Crippen LogP contribution in [0.4, 0.5) is 0 Å². The van der Waals surface area contributed by atoms with Gasteiger partial charge in [0.1, 0.15) is 12.1 Å². The Morgan fingerprint density at radius 2 is 2.15 bits per heavy atom. The normalized spacial score (nSPS) is 9.62. The number of aromatic nitrogens is 2. The van der Waals surface area contributed by atoms with E-state index in [-0.39, 0.29) is 5.69 Å². The zero-order chi connectivity index (χ0) is 9.84. The van der Waals surface area contributed by atoms with E-state index in [0.29, 0.717) is 11.6 Å². The summed E-state index contributed by atoms with van der Waals surface area (Å²) in [6.07, 6.45) is 1.54. The van der Waals surface area contributed by atoms with E-state index in [1.165, 1.54) is 6.33 Å². The molecule has 1 heterocycles. The molecular formula is C9H10N4. The topological polar surface area (TPSA) is 65.4 Å². The summed E-state index contributed by atoms with van der Waals surface area (Å²) in [6.45, 7) is 4.82. The van der Waals surface area contributed by atoms with Crippen LogP contribution in [0.3, 0.4) is 0 Å². The molecule has 0 saturated heterocycles. The van der Waals surface area contributed by atoms with E-state index in [9.17, 15) is 0 Å². The van der Waals surface area contributed by atoms with E-state index in [2.05, 4.69) is 4.98 Å². The maximum Gasteiger partial charge on any atom is 0.176 e. The van der Waals surface area contributed by atoms with Crippen LogP contribution in [-0.4, -0.2) is 9.55 Å². The first-order valence-corrected chi connectivity index (χ1v) is 4.04. The first kappa shape index (κ1) is 9.28. The second-order valence-electron chi connectivity index (χ2n) is 3.21. The molecule has 0 bridgehead atoms. The summed E-state index contributed by atoms with van der Waals surface area (Å²) in [5, 5.41) is 17.4. The Hall–Kier alpha value is -1.81. The highest BCUT2D eigenvalue weighted by Crippen LogP contribution is 2.07. The van der Waals surface area contributed by atoms with Gasteiger partial charge in [0.15, 0.2) is 11.4 Å². The first-order chi connectivity index (χ1) is 6.19. The lowest BCUT2D eigenvalue weighted by Gasteiger charge is -2.05. The maximum absolute atomic E-state index is 8.77. The molecule has 1 aromatic rings. The van der Waals surface area contributed by atoms with Crippen LogP contribution in [0.1, 0.15) is 25.2 Å². The number of rotatable bonds is 2. The fourth-order valence-corrected chi connectivity index (χ4v) is 1.11. The fraction of sp³-hybridized carbons (Fsp3) is 0.444. The Morgan fingerprint density at radius 1 is 1.46 bits per heavy atom. The molecule has 66 valence electrons. The van der Waals surface area contributed by atoms with Crippen LogP contribution in [0, 0.1) is 28.6 Å². The third-order valence-corrected chi connectivity index (χ3v) is 1.61. The van der Waals surface area contributed by atoms with Crippen molar-refractivity contribution in [1.29, 1.82) is 10.5 Å². The van der Waals surface area contributed by atoms with Crippen molar-refractivity contribution in [2.24, 2.45) is 5.92 Å². The summed E-state index contributed by atoms with van der Waals surface area (Å²) in [4.78, 5) is 3.84. The van der Waals surface area contributed by atoms with Gasteiger partial charge in [-0.1, -0.05) is 13.8 Å². The molecule has 1 aromatic heterocycles. The highest BCUT2D eigenvalue weighted by Gasteiger charge is 2.09. The molecule has 0 amide bonds. The van der Waals surface area contributed by atoms with Crippen molar-refractivity contribution in [2.45, 2.75) is 20.4 Å². The second kappa shape index (κ2) is 3.73. The van der Waals surface area contributed by atoms with Gasteiger partial charge in [-0.3, -0.25) is 0 Å². The molecule has 0 spiro atoms. The molecule has 0 radical (unpaired) electrons. The quantitative estimate of drug-likeness (QED) is 0.678. The smallest absolute Gasteiger partial charge is 0.176 e. The van der Waals surface area contributed by atoms with Crippen LogP contribution in [0.5, 0.6) is 0 Å². The van der Waals surface area contributed by atoms with Crippen LogP contribution in [0.2, 0.25) is 0 Å². The molecule has 13 heavy (non-hydrogen) atoms. The highest BCUT2D eigenvalue weighted by atomic mass is 15.1. The summed E-state index contributed by atoms with van der Waals surface area (Å²) in [7, 11) is 0. The minimum Gasteiger partial charge on any atom is -0.321 e. The van der Waals surface area contributed by atoms with Crippen molar-refractivity contribution < 1.29 is 0 Å². The van der Waals surface area contributed by atoms with Gasteiger partial charge in [-0.25, -0.2) is 4.98 Å². The fourth-order valence-electron chi connectivity index (χ4n) is 1.11. The van der Waals surface area contributed by atoms with Gasteiger partial charge in [-0.05, 0) is 5.92 Å². The van der Waals surface area contributed by atoms with Gasteiger partial charge in [0.05, 0.1) is 6.33 Å². The van der Waals surface area contributed by atoms with E-state index < -0.39 is 0 Å². The minimum absolute atomic E-state index is 0.211. The lowest BCUT2D eigenvalue weighted by atomic mass is 10.2. The first-order valence-electron chi connectivity index (χ1n) is 4.04. The predicted molar refractivity (Wildman–Crippen MR) is 46.5 cm³/mol. The van der Waals surface area contributed by atoms with Crippen LogP contribution in [0.25, 0.3) is 0 Å². The molecule has 0 fully saturated rings. The van der Waals surface area contributed by atoms with E-state index in [4.69, 9.17) is 10.5 Å². The van der Waals surface area contributed by atoms with Crippen molar-refractivity contribution in [2.75, 3.05) is 0 Å². The monoisotopic (exact) mass is 174 g/mol. The molecule has 0 aliphatic rings. The van der Waals surface area contributed by atoms with Gasteiger partial charge in [0, 0.05) is 6.54 Å². The Kier molecular flexibility index (Phi) is 2.66. The Bertz CT molecular complexity index is 375. The van der Waals surface area contributed by atoms with E-state index in [1.807, 2.05) is 26.0 Å². The molecule has 4 nitrogen and oxygen atoms in total. The molecule has 0 aliphatic carbocycles. The van der Waals surface area contributed by atoms with E-state index >= 15 is 0 Å². The van der Waals surface area contributed by atoms with Crippen molar-refractivity contribution in [1.82, 2.24) is 9.55 Å². The molecule has 0 saturated carbocycles. The van der Waals surface area contributed by atoms with E-state index in [0.717, 1.165) is 6.54 Å². The molecule has 0 atom stereocenters. The van der Waals surface area contributed by atoms with Crippen LogP contribution in [-0.2, 0) is 6.54 Å². The van der Waals surface area contributed by atoms with Crippen LogP contribution < -0.4 is 0 Å². The Balaban J connectivity index is 3.05. The molecule has 1 rings (SSSR count). The summed E-state index contributed by atoms with van der Waals surface area (Å²) in [5.74, 6) is 0.438. The number of hydrogen-bond donors (Lipinski definition) is 0. The van der Waals surface area contributed by atoms with Gasteiger partial charge >= 0.3 is 0 Å². The highest BCUT2D eigenvalue weighted by molar-refractivity contribution is 5.35. The minimum atomic E-state index is 0.211. The SMILES string of the molecule is CC(C)Cn1cnc(C#N)c1C#N. The van der Waals surface area contributed by atoms with Crippen LogP contribution >= 0.6 is 0 Å². The largest absolute Gasteiger partial charge is 0.321 e. The van der Waals surface area contributed by atoms with Gasteiger partial charge in [-0.2, -0.15) is 10.5 Å². The summed E-state index contributed by atoms with van der Waals surface area (Å²) >= 11 is 0. The number of nitrogens with zero attached hydrogens (tertiary/aromatic N) is 4. The second-order valence-corrected chi connectivity index (χ2v) is 3.21. The van der Waals surface area contributed by atoms with Crippen molar-refractivity contribution >= 4 is 0 Å². The van der Waals surface area contributed by atoms with Crippen molar-refractivity contribution in [3.63, 3.8) is 0 Å². The standard InChI is InChI=1S/C9H10N4/c1-7(2)5-13-6-12-8(3-10)9(13)4-11/h6-7H,5H2,1-2H3. The Morgan fingerprint density at radius 3 is 2.62 bits per heavy atom. The molecular weight excluding hydrogens is 164 g/mol. The lowest BCUT2D eigenvalue weighted by molar-refractivity contribution is 0.519. The molecule has 0 unspecified atom stereocenters. The summed E-state index contributed by atoms with van der Waals surface area (Å²) < 4.78 is 1.71. The maximum atomic E-state index is 8.77.